The maximum absolute atomic E-state index is 12.4. The molecule has 26 heavy (non-hydrogen) atoms. The number of carbonyl (C=O) groups is 2. The number of rotatable bonds is 5. The predicted molar refractivity (Wildman–Crippen MR) is 96.1 cm³/mol. The molecule has 0 aromatic heterocycles. The summed E-state index contributed by atoms with van der Waals surface area (Å²) in [5.41, 5.74) is 1.18. The van der Waals surface area contributed by atoms with Gasteiger partial charge in [-0.15, -0.1) is 0 Å². The highest BCUT2D eigenvalue weighted by atomic mass is 16.5. The van der Waals surface area contributed by atoms with Gasteiger partial charge in [-0.05, 0) is 50.5 Å². The molecule has 1 atom stereocenters. The van der Waals surface area contributed by atoms with Crippen molar-refractivity contribution in [1.82, 2.24) is 4.90 Å². The average Bonchev–Trinajstić information content (AvgIpc) is 2.62. The molecule has 1 aromatic carbocycles. The Morgan fingerprint density at radius 1 is 1.50 bits per heavy atom. The molecule has 7 heteroatoms. The number of amides is 1. The van der Waals surface area contributed by atoms with Gasteiger partial charge >= 0.3 is 5.97 Å². The molecular formula is C19H23N3O4. The number of nitrogens with zero attached hydrogens (tertiary/aromatic N) is 2. The van der Waals surface area contributed by atoms with Crippen molar-refractivity contribution >= 4 is 17.6 Å². The van der Waals surface area contributed by atoms with E-state index in [4.69, 9.17) is 4.74 Å². The van der Waals surface area contributed by atoms with Crippen molar-refractivity contribution in [2.45, 2.75) is 26.7 Å². The standard InChI is InChI=1S/C19H23N3O4/c1-3-26-19(25)14-5-4-8-22(11-14)12-15(10-20)18(24)21-17-7-6-16(23)9-13(17)2/h6-7,9,12,14,23H,3-5,8,11H2,1-2H3,(H,21,24)/b15-12-. The second-order valence-corrected chi connectivity index (χ2v) is 6.19. The number of phenols is 1. The maximum atomic E-state index is 12.4. The number of carbonyl (C=O) groups excluding carboxylic acids is 2. The number of likely N-dealkylation sites (tertiary alicyclic amines) is 1. The lowest BCUT2D eigenvalue weighted by Gasteiger charge is -2.30. The molecule has 0 aliphatic carbocycles. The van der Waals surface area contributed by atoms with Crippen LogP contribution in [-0.4, -0.2) is 41.6 Å². The van der Waals surface area contributed by atoms with E-state index in [9.17, 15) is 20.0 Å². The van der Waals surface area contributed by atoms with Crippen molar-refractivity contribution in [2.24, 2.45) is 5.92 Å². The SMILES string of the molecule is CCOC(=O)C1CCCN(/C=C(/C#N)C(=O)Nc2ccc(O)cc2C)C1. The van der Waals surface area contributed by atoms with Gasteiger partial charge in [-0.3, -0.25) is 9.59 Å². The van der Waals surface area contributed by atoms with E-state index in [0.29, 0.717) is 30.9 Å². The molecule has 138 valence electrons. The van der Waals surface area contributed by atoms with Crippen LogP contribution in [0.3, 0.4) is 0 Å². The molecule has 1 fully saturated rings. The summed E-state index contributed by atoms with van der Waals surface area (Å²) in [7, 11) is 0. The molecule has 7 nitrogen and oxygen atoms in total. The largest absolute Gasteiger partial charge is 0.508 e. The number of hydrogen-bond acceptors (Lipinski definition) is 6. The molecule has 1 aromatic rings. The summed E-state index contributed by atoms with van der Waals surface area (Å²) in [4.78, 5) is 26.1. The van der Waals surface area contributed by atoms with E-state index in [0.717, 1.165) is 12.8 Å². The molecule has 1 unspecified atom stereocenters. The molecular weight excluding hydrogens is 334 g/mol. The summed E-state index contributed by atoms with van der Waals surface area (Å²) in [6, 6.07) is 6.48. The Hall–Kier alpha value is -3.01. The highest BCUT2D eigenvalue weighted by Gasteiger charge is 2.26. The van der Waals surface area contributed by atoms with Gasteiger partial charge in [0, 0.05) is 25.0 Å². The summed E-state index contributed by atoms with van der Waals surface area (Å²) >= 11 is 0. The second kappa shape index (κ2) is 8.90. The van der Waals surface area contributed by atoms with Gasteiger partial charge in [0.2, 0.25) is 0 Å². The van der Waals surface area contributed by atoms with E-state index >= 15 is 0 Å². The number of nitriles is 1. The van der Waals surface area contributed by atoms with Gasteiger partial charge in [0.25, 0.3) is 5.91 Å². The van der Waals surface area contributed by atoms with Crippen LogP contribution in [0.15, 0.2) is 30.0 Å². The van der Waals surface area contributed by atoms with Crippen molar-refractivity contribution in [1.29, 1.82) is 5.26 Å². The number of aromatic hydroxyl groups is 1. The Balaban J connectivity index is 2.07. The second-order valence-electron chi connectivity index (χ2n) is 6.19. The third kappa shape index (κ3) is 4.99. The zero-order chi connectivity index (χ0) is 19.1. The summed E-state index contributed by atoms with van der Waals surface area (Å²) < 4.78 is 5.06. The van der Waals surface area contributed by atoms with Crippen LogP contribution in [0.1, 0.15) is 25.3 Å². The van der Waals surface area contributed by atoms with Crippen LogP contribution in [-0.2, 0) is 14.3 Å². The number of esters is 1. The van der Waals surface area contributed by atoms with Crippen LogP contribution in [0.5, 0.6) is 5.75 Å². The molecule has 1 aliphatic rings. The van der Waals surface area contributed by atoms with Gasteiger partial charge in [-0.2, -0.15) is 5.26 Å². The molecule has 2 N–H and O–H groups in total. The number of hydrogen-bond donors (Lipinski definition) is 2. The van der Waals surface area contributed by atoms with Gasteiger partial charge in [0.1, 0.15) is 17.4 Å². The molecule has 0 spiro atoms. The van der Waals surface area contributed by atoms with Crippen LogP contribution in [0.4, 0.5) is 5.69 Å². The first-order valence-electron chi connectivity index (χ1n) is 8.58. The number of ether oxygens (including phenoxy) is 1. The number of benzene rings is 1. The summed E-state index contributed by atoms with van der Waals surface area (Å²) in [6.07, 6.45) is 3.03. The number of anilines is 1. The topological polar surface area (TPSA) is 103 Å². The number of aryl methyl sites for hydroxylation is 1. The fourth-order valence-corrected chi connectivity index (χ4v) is 2.87. The lowest BCUT2D eigenvalue weighted by Crippen LogP contribution is -2.37. The quantitative estimate of drug-likeness (QED) is 0.363. The zero-order valence-corrected chi connectivity index (χ0v) is 15.0. The number of phenolic OH excluding ortho intramolecular Hbond substituents is 1. The first-order chi connectivity index (χ1) is 12.4. The Labute approximate surface area is 152 Å². The van der Waals surface area contributed by atoms with Crippen molar-refractivity contribution in [3.8, 4) is 11.8 Å². The minimum absolute atomic E-state index is 0.0398. The molecule has 2 rings (SSSR count). The van der Waals surface area contributed by atoms with E-state index in [2.05, 4.69) is 5.32 Å². The number of piperidine rings is 1. The van der Waals surface area contributed by atoms with Crippen molar-refractivity contribution in [3.63, 3.8) is 0 Å². The lowest BCUT2D eigenvalue weighted by molar-refractivity contribution is -0.149. The van der Waals surface area contributed by atoms with Crippen molar-refractivity contribution < 1.29 is 19.4 Å². The average molecular weight is 357 g/mol. The van der Waals surface area contributed by atoms with E-state index in [1.165, 1.54) is 18.3 Å². The Morgan fingerprint density at radius 2 is 2.27 bits per heavy atom. The molecule has 1 saturated heterocycles. The minimum atomic E-state index is -0.528. The van der Waals surface area contributed by atoms with Gasteiger partial charge in [0.05, 0.1) is 12.5 Å². The number of nitrogens with one attached hydrogen (secondary N) is 1. The maximum Gasteiger partial charge on any atom is 0.310 e. The predicted octanol–water partition coefficient (Wildman–Crippen LogP) is 2.32. The van der Waals surface area contributed by atoms with Gasteiger partial charge < -0.3 is 20.1 Å². The third-order valence-corrected chi connectivity index (χ3v) is 4.21. The smallest absolute Gasteiger partial charge is 0.310 e. The van der Waals surface area contributed by atoms with Gasteiger partial charge in [0.15, 0.2) is 0 Å². The fourth-order valence-electron chi connectivity index (χ4n) is 2.87. The molecule has 0 saturated carbocycles. The first kappa shape index (κ1) is 19.3. The summed E-state index contributed by atoms with van der Waals surface area (Å²) in [5.74, 6) is -0.912. The molecule has 1 heterocycles. The normalized spacial score (nSPS) is 17.3. The third-order valence-electron chi connectivity index (χ3n) is 4.21. The van der Waals surface area contributed by atoms with E-state index in [-0.39, 0.29) is 23.2 Å². The Bertz CT molecular complexity index is 752. The summed E-state index contributed by atoms with van der Waals surface area (Å²) in [5, 5.41) is 21.4. The van der Waals surface area contributed by atoms with Crippen LogP contribution >= 0.6 is 0 Å². The highest BCUT2D eigenvalue weighted by molar-refractivity contribution is 6.06. The van der Waals surface area contributed by atoms with Gasteiger partial charge in [-0.25, -0.2) is 0 Å². The van der Waals surface area contributed by atoms with Crippen LogP contribution < -0.4 is 5.32 Å². The van der Waals surface area contributed by atoms with Crippen LogP contribution in [0.2, 0.25) is 0 Å². The van der Waals surface area contributed by atoms with E-state index in [1.54, 1.807) is 19.9 Å². The molecule has 0 radical (unpaired) electrons. The fraction of sp³-hybridized carbons (Fsp3) is 0.421. The Kier molecular flexibility index (Phi) is 6.61. The monoisotopic (exact) mass is 357 g/mol. The lowest BCUT2D eigenvalue weighted by atomic mass is 9.98. The molecule has 0 bridgehead atoms. The first-order valence-corrected chi connectivity index (χ1v) is 8.58. The summed E-state index contributed by atoms with van der Waals surface area (Å²) in [6.45, 7) is 4.95. The van der Waals surface area contributed by atoms with E-state index in [1.807, 2.05) is 11.0 Å². The highest BCUT2D eigenvalue weighted by Crippen LogP contribution is 2.22. The van der Waals surface area contributed by atoms with Gasteiger partial charge in [-0.1, -0.05) is 0 Å². The minimum Gasteiger partial charge on any atom is -0.508 e. The molecule has 1 amide bonds. The Morgan fingerprint density at radius 3 is 2.92 bits per heavy atom. The van der Waals surface area contributed by atoms with Crippen molar-refractivity contribution in [3.05, 3.63) is 35.5 Å². The zero-order valence-electron chi connectivity index (χ0n) is 15.0. The van der Waals surface area contributed by atoms with Crippen LogP contribution in [0.25, 0.3) is 0 Å². The van der Waals surface area contributed by atoms with Crippen molar-refractivity contribution in [2.75, 3.05) is 25.0 Å². The van der Waals surface area contributed by atoms with E-state index < -0.39 is 5.91 Å². The van der Waals surface area contributed by atoms with Crippen LogP contribution in [0, 0.1) is 24.2 Å². The molecule has 1 aliphatic heterocycles.